The topological polar surface area (TPSA) is 74.4 Å². The van der Waals surface area contributed by atoms with Gasteiger partial charge < -0.3 is 24.6 Å². The van der Waals surface area contributed by atoms with Gasteiger partial charge in [0.15, 0.2) is 11.5 Å². The highest BCUT2D eigenvalue weighted by Crippen LogP contribution is 2.32. The number of piperazine rings is 1. The van der Waals surface area contributed by atoms with Gasteiger partial charge >= 0.3 is 6.03 Å². The minimum atomic E-state index is -0.296. The number of benzene rings is 2. The minimum absolute atomic E-state index is 0.0211. The fourth-order valence-electron chi connectivity index (χ4n) is 4.05. The average Bonchev–Trinajstić information content (AvgIpc) is 3.30. The Morgan fingerprint density at radius 3 is 2.44 bits per heavy atom. The SMILES string of the molecule is CC(C)NC(=O)N(CCN1CCN(C(=O)c2ccc3c(c2)OCO3)CC1)Cc1ccc(F)cc1. The summed E-state index contributed by atoms with van der Waals surface area (Å²) >= 11 is 0. The molecule has 34 heavy (non-hydrogen) atoms. The lowest BCUT2D eigenvalue weighted by molar-refractivity contribution is 0.0627. The number of hydrogen-bond donors (Lipinski definition) is 1. The summed E-state index contributed by atoms with van der Waals surface area (Å²) in [7, 11) is 0. The van der Waals surface area contributed by atoms with Gasteiger partial charge in [-0.05, 0) is 49.7 Å². The van der Waals surface area contributed by atoms with Crippen LogP contribution in [0.15, 0.2) is 42.5 Å². The first-order valence-electron chi connectivity index (χ1n) is 11.6. The standard InChI is InChI=1S/C25H31FN4O4/c1-18(2)27-25(32)30(16-19-3-6-21(26)7-4-19)14-11-28-9-12-29(13-10-28)24(31)20-5-8-22-23(15-20)34-17-33-22/h3-8,15,18H,9-14,16-17H2,1-2H3,(H,27,32). The van der Waals surface area contributed by atoms with E-state index < -0.39 is 0 Å². The Hall–Kier alpha value is -3.33. The van der Waals surface area contributed by atoms with Crippen molar-refractivity contribution in [2.45, 2.75) is 26.4 Å². The van der Waals surface area contributed by atoms with Gasteiger partial charge in [0.05, 0.1) is 0 Å². The first kappa shape index (κ1) is 23.8. The van der Waals surface area contributed by atoms with Crippen LogP contribution in [0.3, 0.4) is 0 Å². The molecule has 1 saturated heterocycles. The van der Waals surface area contributed by atoms with E-state index in [-0.39, 0.29) is 30.6 Å². The highest BCUT2D eigenvalue weighted by molar-refractivity contribution is 5.95. The first-order chi connectivity index (χ1) is 16.4. The zero-order valence-electron chi connectivity index (χ0n) is 19.6. The maximum atomic E-state index is 13.3. The second kappa shape index (κ2) is 10.7. The minimum Gasteiger partial charge on any atom is -0.454 e. The fraction of sp³-hybridized carbons (Fsp3) is 0.440. The molecule has 2 aromatic carbocycles. The van der Waals surface area contributed by atoms with Gasteiger partial charge in [-0.1, -0.05) is 12.1 Å². The summed E-state index contributed by atoms with van der Waals surface area (Å²) in [5.41, 5.74) is 1.47. The lowest BCUT2D eigenvalue weighted by Crippen LogP contribution is -2.51. The molecule has 3 amide bonds. The molecule has 0 aromatic heterocycles. The van der Waals surface area contributed by atoms with Crippen LogP contribution in [0.25, 0.3) is 0 Å². The molecule has 0 bridgehead atoms. The number of nitrogens with zero attached hydrogens (tertiary/aromatic N) is 3. The molecule has 0 unspecified atom stereocenters. The zero-order chi connectivity index (χ0) is 24.1. The van der Waals surface area contributed by atoms with Gasteiger partial charge in [0, 0.05) is 57.4 Å². The van der Waals surface area contributed by atoms with Crippen LogP contribution < -0.4 is 14.8 Å². The number of urea groups is 1. The summed E-state index contributed by atoms with van der Waals surface area (Å²) in [6, 6.07) is 11.4. The lowest BCUT2D eigenvalue weighted by atomic mass is 10.1. The number of hydrogen-bond acceptors (Lipinski definition) is 5. The molecule has 0 aliphatic carbocycles. The van der Waals surface area contributed by atoms with E-state index in [1.807, 2.05) is 18.7 Å². The normalized spacial score (nSPS) is 15.5. The third kappa shape index (κ3) is 5.96. The summed E-state index contributed by atoms with van der Waals surface area (Å²) in [6.07, 6.45) is 0. The molecule has 4 rings (SSSR count). The number of rotatable bonds is 7. The predicted octanol–water partition coefficient (Wildman–Crippen LogP) is 2.93. The highest BCUT2D eigenvalue weighted by atomic mass is 19.1. The lowest BCUT2D eigenvalue weighted by Gasteiger charge is -2.36. The maximum Gasteiger partial charge on any atom is 0.317 e. The van der Waals surface area contributed by atoms with Crippen LogP contribution in [0, 0.1) is 5.82 Å². The molecule has 0 atom stereocenters. The van der Waals surface area contributed by atoms with Gasteiger partial charge in [-0.15, -0.1) is 0 Å². The van der Waals surface area contributed by atoms with Gasteiger partial charge in [0.25, 0.3) is 5.91 Å². The number of carbonyl (C=O) groups is 2. The number of ether oxygens (including phenoxy) is 2. The van der Waals surface area contributed by atoms with Crippen molar-refractivity contribution in [3.63, 3.8) is 0 Å². The van der Waals surface area contributed by atoms with Crippen LogP contribution in [0.5, 0.6) is 11.5 Å². The molecule has 2 aliphatic heterocycles. The smallest absolute Gasteiger partial charge is 0.317 e. The van der Waals surface area contributed by atoms with Crippen molar-refractivity contribution in [2.75, 3.05) is 46.1 Å². The number of fused-ring (bicyclic) bond motifs is 1. The van der Waals surface area contributed by atoms with Gasteiger partial charge in [-0.25, -0.2) is 9.18 Å². The van der Waals surface area contributed by atoms with Crippen LogP contribution in [-0.4, -0.2) is 78.7 Å². The largest absolute Gasteiger partial charge is 0.454 e. The Balaban J connectivity index is 1.30. The van der Waals surface area contributed by atoms with E-state index in [4.69, 9.17) is 9.47 Å². The number of halogens is 1. The molecule has 1 N–H and O–H groups in total. The third-order valence-electron chi connectivity index (χ3n) is 5.95. The van der Waals surface area contributed by atoms with Gasteiger partial charge in [0.1, 0.15) is 5.82 Å². The van der Waals surface area contributed by atoms with Crippen LogP contribution in [-0.2, 0) is 6.54 Å². The van der Waals surface area contributed by atoms with Gasteiger partial charge in [-0.2, -0.15) is 0 Å². The maximum absolute atomic E-state index is 13.3. The predicted molar refractivity (Wildman–Crippen MR) is 125 cm³/mol. The first-order valence-corrected chi connectivity index (χ1v) is 11.6. The molecule has 1 fully saturated rings. The number of nitrogens with one attached hydrogen (secondary N) is 1. The summed E-state index contributed by atoms with van der Waals surface area (Å²) in [4.78, 5) is 31.5. The van der Waals surface area contributed by atoms with E-state index in [2.05, 4.69) is 10.2 Å². The molecule has 0 radical (unpaired) electrons. The van der Waals surface area contributed by atoms with Gasteiger partial charge in [-0.3, -0.25) is 9.69 Å². The van der Waals surface area contributed by atoms with Crippen molar-refractivity contribution < 1.29 is 23.5 Å². The third-order valence-corrected chi connectivity index (χ3v) is 5.95. The van der Waals surface area contributed by atoms with Crippen LogP contribution >= 0.6 is 0 Å². The monoisotopic (exact) mass is 470 g/mol. The van der Waals surface area contributed by atoms with Crippen LogP contribution in [0.1, 0.15) is 29.8 Å². The molecule has 182 valence electrons. The van der Waals surface area contributed by atoms with Crippen molar-refractivity contribution >= 4 is 11.9 Å². The molecular weight excluding hydrogens is 439 g/mol. The molecule has 0 saturated carbocycles. The second-order valence-corrected chi connectivity index (χ2v) is 8.85. The Labute approximate surface area is 199 Å². The Morgan fingerprint density at radius 1 is 1.03 bits per heavy atom. The molecule has 9 heteroatoms. The quantitative estimate of drug-likeness (QED) is 0.674. The van der Waals surface area contributed by atoms with Gasteiger partial charge in [0.2, 0.25) is 6.79 Å². The van der Waals surface area contributed by atoms with Crippen LogP contribution in [0.2, 0.25) is 0 Å². The van der Waals surface area contributed by atoms with Crippen molar-refractivity contribution in [1.29, 1.82) is 0 Å². The van der Waals surface area contributed by atoms with E-state index in [9.17, 15) is 14.0 Å². The molecule has 8 nitrogen and oxygen atoms in total. The average molecular weight is 471 g/mol. The molecule has 0 spiro atoms. The Morgan fingerprint density at radius 2 is 1.74 bits per heavy atom. The summed E-state index contributed by atoms with van der Waals surface area (Å²) < 4.78 is 24.0. The number of carbonyl (C=O) groups excluding carboxylic acids is 2. The Bertz CT molecular complexity index is 1010. The molecule has 2 aromatic rings. The van der Waals surface area contributed by atoms with E-state index in [1.165, 1.54) is 12.1 Å². The summed E-state index contributed by atoms with van der Waals surface area (Å²) in [6.45, 7) is 8.34. The highest BCUT2D eigenvalue weighted by Gasteiger charge is 2.25. The fourth-order valence-corrected chi connectivity index (χ4v) is 4.05. The number of amides is 3. The van der Waals surface area contributed by atoms with Crippen molar-refractivity contribution in [3.05, 3.63) is 59.4 Å². The van der Waals surface area contributed by atoms with Crippen molar-refractivity contribution in [3.8, 4) is 11.5 Å². The van der Waals surface area contributed by atoms with Crippen molar-refractivity contribution in [1.82, 2.24) is 20.0 Å². The summed E-state index contributed by atoms with van der Waals surface area (Å²) in [5, 5.41) is 2.94. The second-order valence-electron chi connectivity index (χ2n) is 8.85. The molecule has 2 heterocycles. The molecule has 2 aliphatic rings. The van der Waals surface area contributed by atoms with Crippen LogP contribution in [0.4, 0.5) is 9.18 Å². The van der Waals surface area contributed by atoms with E-state index in [0.717, 1.165) is 18.7 Å². The van der Waals surface area contributed by atoms with Crippen molar-refractivity contribution in [2.24, 2.45) is 0 Å². The Kier molecular flexibility index (Phi) is 7.52. The van der Waals surface area contributed by atoms with E-state index in [1.54, 1.807) is 35.2 Å². The summed E-state index contributed by atoms with van der Waals surface area (Å²) in [5.74, 6) is 0.945. The van der Waals surface area contributed by atoms with E-state index >= 15 is 0 Å². The van der Waals surface area contributed by atoms with E-state index in [0.29, 0.717) is 49.8 Å². The zero-order valence-corrected chi connectivity index (χ0v) is 19.6. The molecular formula is C25H31FN4O4.